The summed E-state index contributed by atoms with van der Waals surface area (Å²) in [5, 5.41) is 3.43. The number of aliphatic imine (C=N–C) groups is 1. The Morgan fingerprint density at radius 2 is 2.00 bits per heavy atom. The molecule has 0 aromatic heterocycles. The Hall–Kier alpha value is -0.0800. The molecule has 5 nitrogen and oxygen atoms in total. The molecule has 1 heterocycles. The van der Waals surface area contributed by atoms with Gasteiger partial charge in [0.1, 0.15) is 0 Å². The molecule has 132 valence electrons. The Morgan fingerprint density at radius 1 is 1.32 bits per heavy atom. The zero-order valence-corrected chi connectivity index (χ0v) is 17.1. The van der Waals surface area contributed by atoms with Crippen LogP contribution in [0.15, 0.2) is 4.99 Å². The van der Waals surface area contributed by atoms with E-state index in [1.54, 1.807) is 7.11 Å². The number of halogens is 1. The summed E-state index contributed by atoms with van der Waals surface area (Å²) >= 11 is 0. The van der Waals surface area contributed by atoms with Crippen LogP contribution in [0, 0.1) is 5.92 Å². The summed E-state index contributed by atoms with van der Waals surface area (Å²) in [6, 6.07) is 0. The van der Waals surface area contributed by atoms with Crippen LogP contribution in [0.5, 0.6) is 0 Å². The van der Waals surface area contributed by atoms with Crippen molar-refractivity contribution < 1.29 is 4.74 Å². The number of hydrogen-bond donors (Lipinski definition) is 1. The molecule has 0 saturated carbocycles. The number of ether oxygens (including phenoxy) is 1. The molecule has 1 rings (SSSR count). The van der Waals surface area contributed by atoms with Crippen LogP contribution in [-0.4, -0.2) is 75.8 Å². The van der Waals surface area contributed by atoms with Crippen LogP contribution in [0.4, 0.5) is 0 Å². The predicted molar refractivity (Wildman–Crippen MR) is 105 cm³/mol. The van der Waals surface area contributed by atoms with Crippen molar-refractivity contribution in [2.45, 2.75) is 33.1 Å². The van der Waals surface area contributed by atoms with Crippen LogP contribution in [0.3, 0.4) is 0 Å². The fourth-order valence-electron chi connectivity index (χ4n) is 2.53. The Balaban J connectivity index is 0.00000441. The van der Waals surface area contributed by atoms with Gasteiger partial charge in [-0.25, -0.2) is 0 Å². The molecule has 1 N–H and O–H groups in total. The van der Waals surface area contributed by atoms with E-state index in [1.807, 2.05) is 0 Å². The van der Waals surface area contributed by atoms with Crippen molar-refractivity contribution in [2.24, 2.45) is 10.9 Å². The fraction of sp³-hybridized carbons (Fsp3) is 0.938. The van der Waals surface area contributed by atoms with E-state index in [1.165, 1.54) is 12.8 Å². The van der Waals surface area contributed by atoms with Gasteiger partial charge in [0.05, 0.1) is 6.61 Å². The van der Waals surface area contributed by atoms with Crippen molar-refractivity contribution in [1.29, 1.82) is 0 Å². The first-order valence-corrected chi connectivity index (χ1v) is 8.38. The van der Waals surface area contributed by atoms with Gasteiger partial charge in [-0.05, 0) is 45.7 Å². The molecule has 0 aromatic carbocycles. The smallest absolute Gasteiger partial charge is 0.193 e. The fourth-order valence-corrected chi connectivity index (χ4v) is 2.53. The zero-order chi connectivity index (χ0) is 15.5. The minimum Gasteiger partial charge on any atom is -0.383 e. The van der Waals surface area contributed by atoms with Crippen LogP contribution in [0.1, 0.15) is 33.1 Å². The van der Waals surface area contributed by atoms with Crippen molar-refractivity contribution >= 4 is 29.9 Å². The number of hydrogen-bond acceptors (Lipinski definition) is 3. The summed E-state index contributed by atoms with van der Waals surface area (Å²) < 4.78 is 5.09. The van der Waals surface area contributed by atoms with E-state index >= 15 is 0 Å². The topological polar surface area (TPSA) is 40.1 Å². The molecule has 0 bridgehead atoms. The van der Waals surface area contributed by atoms with Gasteiger partial charge < -0.3 is 19.9 Å². The quantitative estimate of drug-likeness (QED) is 0.280. The van der Waals surface area contributed by atoms with Gasteiger partial charge >= 0.3 is 0 Å². The van der Waals surface area contributed by atoms with Crippen LogP contribution in [0.2, 0.25) is 0 Å². The lowest BCUT2D eigenvalue weighted by molar-refractivity contribution is 0.161. The third kappa shape index (κ3) is 9.15. The summed E-state index contributed by atoms with van der Waals surface area (Å²) in [6.45, 7) is 11.5. The van der Waals surface area contributed by atoms with Gasteiger partial charge in [-0.3, -0.25) is 4.99 Å². The second-order valence-corrected chi connectivity index (χ2v) is 6.05. The van der Waals surface area contributed by atoms with Crippen LogP contribution < -0.4 is 5.32 Å². The number of rotatable bonds is 8. The third-order valence-corrected chi connectivity index (χ3v) is 4.05. The van der Waals surface area contributed by atoms with Gasteiger partial charge in [0.25, 0.3) is 0 Å². The number of likely N-dealkylation sites (tertiary alicyclic amines) is 1. The molecule has 0 radical (unpaired) electrons. The predicted octanol–water partition coefficient (Wildman–Crippen LogP) is 2.27. The van der Waals surface area contributed by atoms with Crippen LogP contribution in [-0.2, 0) is 4.74 Å². The van der Waals surface area contributed by atoms with E-state index in [4.69, 9.17) is 9.73 Å². The molecule has 22 heavy (non-hydrogen) atoms. The Bertz CT molecular complexity index is 294. The van der Waals surface area contributed by atoms with Crippen molar-refractivity contribution in [3.63, 3.8) is 0 Å². The Morgan fingerprint density at radius 3 is 2.59 bits per heavy atom. The molecule has 1 aliphatic rings. The average Bonchev–Trinajstić information content (AvgIpc) is 2.49. The summed E-state index contributed by atoms with van der Waals surface area (Å²) in [5.74, 6) is 1.96. The van der Waals surface area contributed by atoms with E-state index in [0.29, 0.717) is 0 Å². The molecule has 0 amide bonds. The molecular weight excluding hydrogens is 391 g/mol. The highest BCUT2D eigenvalue weighted by molar-refractivity contribution is 14.0. The molecule has 0 atom stereocenters. The molecular formula is C16H35IN4O. The SMILES string of the molecule is CCNC(=NCCCN(C)CCOC)N1CCC(C)CC1.I. The maximum atomic E-state index is 5.09. The summed E-state index contributed by atoms with van der Waals surface area (Å²) in [7, 11) is 3.89. The number of guanidine groups is 1. The maximum absolute atomic E-state index is 5.09. The Kier molecular flexibility index (Phi) is 13.3. The monoisotopic (exact) mass is 426 g/mol. The molecule has 1 saturated heterocycles. The van der Waals surface area contributed by atoms with E-state index in [-0.39, 0.29) is 24.0 Å². The standard InChI is InChI=1S/C16H34N4O.HI/c1-5-17-16(20-11-7-15(2)8-12-20)18-9-6-10-19(3)13-14-21-4;/h15H,5-14H2,1-4H3,(H,17,18);1H. The number of piperidine rings is 1. The second-order valence-electron chi connectivity index (χ2n) is 6.05. The van der Waals surface area contributed by atoms with E-state index < -0.39 is 0 Å². The van der Waals surface area contributed by atoms with Crippen molar-refractivity contribution in [2.75, 3.05) is 60.0 Å². The summed E-state index contributed by atoms with van der Waals surface area (Å²) in [5.41, 5.74) is 0. The van der Waals surface area contributed by atoms with E-state index in [2.05, 4.69) is 36.0 Å². The van der Waals surface area contributed by atoms with Gasteiger partial charge in [-0.1, -0.05) is 6.92 Å². The first kappa shape index (κ1) is 21.9. The lowest BCUT2D eigenvalue weighted by Crippen LogP contribution is -2.45. The van der Waals surface area contributed by atoms with Crippen LogP contribution in [0.25, 0.3) is 0 Å². The van der Waals surface area contributed by atoms with Gasteiger partial charge in [0, 0.05) is 39.8 Å². The molecule has 6 heteroatoms. The first-order valence-electron chi connectivity index (χ1n) is 8.38. The second kappa shape index (κ2) is 13.4. The molecule has 1 aliphatic heterocycles. The highest BCUT2D eigenvalue weighted by atomic mass is 127. The highest BCUT2D eigenvalue weighted by Crippen LogP contribution is 2.15. The zero-order valence-electron chi connectivity index (χ0n) is 14.8. The average molecular weight is 426 g/mol. The van der Waals surface area contributed by atoms with Gasteiger partial charge in [0.2, 0.25) is 0 Å². The number of nitrogens with one attached hydrogen (secondary N) is 1. The number of nitrogens with zero attached hydrogens (tertiary/aromatic N) is 3. The van der Waals surface area contributed by atoms with Crippen molar-refractivity contribution in [1.82, 2.24) is 15.1 Å². The highest BCUT2D eigenvalue weighted by Gasteiger charge is 2.18. The van der Waals surface area contributed by atoms with E-state index in [0.717, 1.165) is 64.2 Å². The lowest BCUT2D eigenvalue weighted by Gasteiger charge is -2.33. The minimum atomic E-state index is 0. The van der Waals surface area contributed by atoms with Gasteiger partial charge in [-0.2, -0.15) is 0 Å². The van der Waals surface area contributed by atoms with E-state index in [9.17, 15) is 0 Å². The Labute approximate surface area is 153 Å². The first-order chi connectivity index (χ1) is 10.2. The van der Waals surface area contributed by atoms with Crippen LogP contribution >= 0.6 is 24.0 Å². The lowest BCUT2D eigenvalue weighted by atomic mass is 10.00. The summed E-state index contributed by atoms with van der Waals surface area (Å²) in [6.07, 6.45) is 3.66. The largest absolute Gasteiger partial charge is 0.383 e. The molecule has 1 fully saturated rings. The van der Waals surface area contributed by atoms with Crippen molar-refractivity contribution in [3.8, 4) is 0 Å². The molecule has 0 spiro atoms. The number of methoxy groups -OCH3 is 1. The number of likely N-dealkylation sites (N-methyl/N-ethyl adjacent to an activating group) is 1. The molecule has 0 unspecified atom stereocenters. The summed E-state index contributed by atoms with van der Waals surface area (Å²) in [4.78, 5) is 9.50. The van der Waals surface area contributed by atoms with Crippen molar-refractivity contribution in [3.05, 3.63) is 0 Å². The van der Waals surface area contributed by atoms with Gasteiger partial charge in [0.15, 0.2) is 5.96 Å². The van der Waals surface area contributed by atoms with Gasteiger partial charge in [-0.15, -0.1) is 24.0 Å². The normalized spacial score (nSPS) is 16.8. The minimum absolute atomic E-state index is 0. The third-order valence-electron chi connectivity index (χ3n) is 4.05. The molecule has 0 aliphatic carbocycles. The molecule has 0 aromatic rings. The maximum Gasteiger partial charge on any atom is 0.193 e.